The normalized spacial score (nSPS) is 10.8. The predicted octanol–water partition coefficient (Wildman–Crippen LogP) is 3.87. The monoisotopic (exact) mass is 318 g/mol. The summed E-state index contributed by atoms with van der Waals surface area (Å²) >= 11 is 0. The third-order valence-corrected chi connectivity index (χ3v) is 4.62. The first kappa shape index (κ1) is 15.5. The van der Waals surface area contributed by atoms with Gasteiger partial charge in [0.2, 0.25) is 0 Å². The minimum atomic E-state index is 0.221. The van der Waals surface area contributed by atoms with Gasteiger partial charge < -0.3 is 0 Å². The van der Waals surface area contributed by atoms with Crippen molar-refractivity contribution in [3.63, 3.8) is 0 Å². The third kappa shape index (κ3) is 3.27. The molecule has 0 aliphatic carbocycles. The molecule has 0 aliphatic heterocycles. The van der Waals surface area contributed by atoms with E-state index in [4.69, 9.17) is 0 Å². The highest BCUT2D eigenvalue weighted by Gasteiger charge is 2.09. The number of hydrogen-bond donors (Lipinski definition) is 0. The molecular formula is C24H19B-. The Hall–Kier alpha value is -3.06. The lowest BCUT2D eigenvalue weighted by molar-refractivity contribution is 1.64. The first-order chi connectivity index (χ1) is 12.4. The van der Waals surface area contributed by atoms with Gasteiger partial charge in [0.1, 0.15) is 0 Å². The van der Waals surface area contributed by atoms with Gasteiger partial charge in [-0.15, -0.1) is 0 Å². The Bertz CT molecular complexity index is 892. The zero-order valence-corrected chi connectivity index (χ0v) is 14.0. The average molecular weight is 318 g/mol. The van der Waals surface area contributed by atoms with Crippen LogP contribution in [0.5, 0.6) is 0 Å². The Morgan fingerprint density at radius 2 is 0.840 bits per heavy atom. The van der Waals surface area contributed by atoms with Crippen molar-refractivity contribution in [2.24, 2.45) is 0 Å². The van der Waals surface area contributed by atoms with Crippen molar-refractivity contribution in [3.05, 3.63) is 115 Å². The fourth-order valence-electron chi connectivity index (χ4n) is 3.47. The van der Waals surface area contributed by atoms with Gasteiger partial charge in [-0.1, -0.05) is 121 Å². The zero-order valence-electron chi connectivity index (χ0n) is 14.0. The molecule has 0 saturated heterocycles. The number of rotatable bonds is 4. The quantitative estimate of drug-likeness (QED) is 0.501. The minimum absolute atomic E-state index is 0.221. The fraction of sp³-hybridized carbons (Fsp3) is 0. The maximum absolute atomic E-state index is 2.26. The van der Waals surface area contributed by atoms with Gasteiger partial charge in [0.05, 0.1) is 0 Å². The van der Waals surface area contributed by atoms with Crippen LogP contribution in [0.3, 0.4) is 0 Å². The Kier molecular flexibility index (Phi) is 4.47. The van der Waals surface area contributed by atoms with Crippen LogP contribution in [-0.4, -0.2) is 6.71 Å². The molecule has 1 heteroatoms. The summed E-state index contributed by atoms with van der Waals surface area (Å²) in [5, 5.41) is 0. The lowest BCUT2D eigenvalue weighted by Crippen LogP contribution is -2.52. The van der Waals surface area contributed by atoms with Crippen LogP contribution in [0.2, 0.25) is 0 Å². The average Bonchev–Trinajstić information content (AvgIpc) is 2.71. The van der Waals surface area contributed by atoms with Crippen molar-refractivity contribution in [2.45, 2.75) is 0 Å². The van der Waals surface area contributed by atoms with E-state index in [-0.39, 0.29) is 6.71 Å². The van der Waals surface area contributed by atoms with Crippen LogP contribution >= 0.6 is 0 Å². The van der Waals surface area contributed by atoms with Crippen LogP contribution < -0.4 is 16.4 Å². The largest absolute Gasteiger partial charge is 0.233 e. The first-order valence-corrected chi connectivity index (χ1v) is 8.68. The summed E-state index contributed by atoms with van der Waals surface area (Å²) in [6.07, 6.45) is 0. The van der Waals surface area contributed by atoms with Crippen molar-refractivity contribution in [1.82, 2.24) is 0 Å². The van der Waals surface area contributed by atoms with Crippen LogP contribution in [0.15, 0.2) is 115 Å². The first-order valence-electron chi connectivity index (χ1n) is 8.68. The molecule has 4 rings (SSSR count). The van der Waals surface area contributed by atoms with E-state index in [1.165, 1.54) is 27.5 Å². The topological polar surface area (TPSA) is 0 Å². The summed E-state index contributed by atoms with van der Waals surface area (Å²) in [4.78, 5) is 0. The predicted molar refractivity (Wildman–Crippen MR) is 109 cm³/mol. The maximum Gasteiger partial charge on any atom is -0.0216 e. The van der Waals surface area contributed by atoms with Crippen molar-refractivity contribution in [2.75, 3.05) is 0 Å². The highest BCUT2D eigenvalue weighted by atomic mass is 14.1. The molecule has 0 unspecified atom stereocenters. The van der Waals surface area contributed by atoms with Crippen LogP contribution in [-0.2, 0) is 0 Å². The highest BCUT2D eigenvalue weighted by Crippen LogP contribution is 2.17. The standard InChI is InChI=1S/C24H19B/c1-4-12-20(13-5-1)23-18-10-11-19-24(23)25(21-14-6-2-7-15-21)22-16-8-3-9-17-22/h1-19H/q-1. The second-order valence-corrected chi connectivity index (χ2v) is 6.21. The van der Waals surface area contributed by atoms with Gasteiger partial charge in [-0.05, 0) is 12.3 Å². The molecule has 0 aromatic heterocycles. The van der Waals surface area contributed by atoms with Gasteiger partial charge in [0.15, 0.2) is 0 Å². The highest BCUT2D eigenvalue weighted by molar-refractivity contribution is 6.96. The van der Waals surface area contributed by atoms with Crippen molar-refractivity contribution in [1.29, 1.82) is 0 Å². The van der Waals surface area contributed by atoms with Crippen LogP contribution in [0.4, 0.5) is 0 Å². The molecule has 0 N–H and O–H groups in total. The van der Waals surface area contributed by atoms with E-state index in [1.54, 1.807) is 0 Å². The van der Waals surface area contributed by atoms with Crippen LogP contribution in [0.1, 0.15) is 0 Å². The lowest BCUT2D eigenvalue weighted by Gasteiger charge is -2.33. The summed E-state index contributed by atoms with van der Waals surface area (Å²) in [6.45, 7) is 0.221. The van der Waals surface area contributed by atoms with E-state index in [0.29, 0.717) is 0 Å². The van der Waals surface area contributed by atoms with Gasteiger partial charge in [-0.25, -0.2) is 16.4 Å². The smallest absolute Gasteiger partial charge is 0.0216 e. The Morgan fingerprint density at radius 3 is 1.40 bits per heavy atom. The molecule has 1 radical (unpaired) electrons. The van der Waals surface area contributed by atoms with Crippen molar-refractivity contribution in [3.8, 4) is 11.1 Å². The van der Waals surface area contributed by atoms with Gasteiger partial charge in [0.25, 0.3) is 0 Å². The van der Waals surface area contributed by atoms with Crippen LogP contribution in [0, 0.1) is 0 Å². The Labute approximate surface area is 149 Å². The van der Waals surface area contributed by atoms with Gasteiger partial charge in [0, 0.05) is 0 Å². The summed E-state index contributed by atoms with van der Waals surface area (Å²) in [6, 6.07) is 40.9. The molecule has 0 atom stereocenters. The molecule has 0 bridgehead atoms. The van der Waals surface area contributed by atoms with Gasteiger partial charge in [-0.3, -0.25) is 0 Å². The second-order valence-electron chi connectivity index (χ2n) is 6.21. The molecule has 25 heavy (non-hydrogen) atoms. The summed E-state index contributed by atoms with van der Waals surface area (Å²) in [5.74, 6) is 0. The summed E-state index contributed by atoms with van der Waals surface area (Å²) in [5.41, 5.74) is 6.52. The molecule has 0 nitrogen and oxygen atoms in total. The second kappa shape index (κ2) is 7.23. The zero-order chi connectivity index (χ0) is 16.9. The molecule has 4 aromatic carbocycles. The van der Waals surface area contributed by atoms with Gasteiger partial charge >= 0.3 is 0 Å². The van der Waals surface area contributed by atoms with E-state index >= 15 is 0 Å². The number of benzene rings is 4. The summed E-state index contributed by atoms with van der Waals surface area (Å²) < 4.78 is 0. The molecule has 119 valence electrons. The van der Waals surface area contributed by atoms with Crippen molar-refractivity contribution >= 4 is 23.1 Å². The molecule has 0 spiro atoms. The molecule has 4 aromatic rings. The fourth-order valence-corrected chi connectivity index (χ4v) is 3.47. The van der Waals surface area contributed by atoms with E-state index in [1.807, 2.05) is 0 Å². The van der Waals surface area contributed by atoms with E-state index in [0.717, 1.165) is 0 Å². The molecule has 0 heterocycles. The van der Waals surface area contributed by atoms with Gasteiger partial charge in [-0.2, -0.15) is 0 Å². The Morgan fingerprint density at radius 1 is 0.400 bits per heavy atom. The van der Waals surface area contributed by atoms with E-state index in [9.17, 15) is 0 Å². The molecule has 0 saturated carbocycles. The molecule has 0 amide bonds. The minimum Gasteiger partial charge on any atom is -0.233 e. The Balaban J connectivity index is 1.93. The third-order valence-electron chi connectivity index (χ3n) is 4.62. The van der Waals surface area contributed by atoms with Crippen LogP contribution in [0.25, 0.3) is 11.1 Å². The molecule has 0 aliphatic rings. The lowest BCUT2D eigenvalue weighted by atomic mass is 9.36. The van der Waals surface area contributed by atoms with E-state index in [2.05, 4.69) is 115 Å². The maximum atomic E-state index is 2.26. The molecule has 0 fully saturated rings. The summed E-state index contributed by atoms with van der Waals surface area (Å²) in [7, 11) is 0. The van der Waals surface area contributed by atoms with E-state index < -0.39 is 0 Å². The SMILES string of the molecule is c1ccc([B-](c2ccccc2)c2ccccc2-c2ccccc2)cc1. The molecular weight excluding hydrogens is 299 g/mol. The van der Waals surface area contributed by atoms with Crippen molar-refractivity contribution < 1.29 is 0 Å². The number of hydrogen-bond acceptors (Lipinski definition) is 0.